The standard InChI is InChI=1S/C18H20N2O3/c1-19(9-10-21)18(23)14-11-17(22)20(12-14)16-8-4-6-13-5-2-3-7-15(13)16/h2-8,14,21H,9-12H2,1H3. The highest BCUT2D eigenvalue weighted by Crippen LogP contribution is 2.32. The van der Waals surface area contributed by atoms with E-state index in [0.717, 1.165) is 16.5 Å². The molecule has 1 fully saturated rings. The summed E-state index contributed by atoms with van der Waals surface area (Å²) in [6.07, 6.45) is 0.220. The minimum Gasteiger partial charge on any atom is -0.395 e. The van der Waals surface area contributed by atoms with Gasteiger partial charge in [0.05, 0.1) is 18.2 Å². The second-order valence-electron chi connectivity index (χ2n) is 5.89. The Labute approximate surface area is 135 Å². The molecule has 1 aliphatic rings. The second-order valence-corrected chi connectivity index (χ2v) is 5.89. The number of carbonyl (C=O) groups is 2. The fraction of sp³-hybridized carbons (Fsp3) is 0.333. The highest BCUT2D eigenvalue weighted by Gasteiger charge is 2.36. The highest BCUT2D eigenvalue weighted by molar-refractivity contribution is 6.06. The Morgan fingerprint density at radius 1 is 1.26 bits per heavy atom. The Balaban J connectivity index is 1.87. The first kappa shape index (κ1) is 15.5. The monoisotopic (exact) mass is 312 g/mol. The van der Waals surface area contributed by atoms with Crippen LogP contribution in [-0.2, 0) is 9.59 Å². The molecule has 1 N–H and O–H groups in total. The summed E-state index contributed by atoms with van der Waals surface area (Å²) in [7, 11) is 1.66. The molecule has 2 aromatic rings. The van der Waals surface area contributed by atoms with Crippen molar-refractivity contribution >= 4 is 28.3 Å². The van der Waals surface area contributed by atoms with Gasteiger partial charge in [-0.1, -0.05) is 36.4 Å². The topological polar surface area (TPSA) is 60.9 Å². The Morgan fingerprint density at radius 2 is 2.00 bits per heavy atom. The maximum absolute atomic E-state index is 12.4. The smallest absolute Gasteiger partial charge is 0.227 e. The summed E-state index contributed by atoms with van der Waals surface area (Å²) in [5.41, 5.74) is 0.855. The zero-order valence-electron chi connectivity index (χ0n) is 13.1. The minimum atomic E-state index is -0.349. The van der Waals surface area contributed by atoms with Crippen molar-refractivity contribution in [2.75, 3.05) is 31.6 Å². The third kappa shape index (κ3) is 2.92. The van der Waals surface area contributed by atoms with Crippen LogP contribution in [0.3, 0.4) is 0 Å². The van der Waals surface area contributed by atoms with Gasteiger partial charge < -0.3 is 14.9 Å². The molecule has 0 aromatic heterocycles. The molecule has 1 saturated heterocycles. The number of amides is 2. The molecule has 2 aromatic carbocycles. The normalized spacial score (nSPS) is 17.7. The summed E-state index contributed by atoms with van der Waals surface area (Å²) < 4.78 is 0. The predicted molar refractivity (Wildman–Crippen MR) is 89.1 cm³/mol. The largest absolute Gasteiger partial charge is 0.395 e. The quantitative estimate of drug-likeness (QED) is 0.934. The molecule has 2 amide bonds. The van der Waals surface area contributed by atoms with Crippen molar-refractivity contribution in [3.63, 3.8) is 0 Å². The molecule has 5 heteroatoms. The molecule has 0 spiro atoms. The fourth-order valence-electron chi connectivity index (χ4n) is 3.12. The predicted octanol–water partition coefficient (Wildman–Crippen LogP) is 1.64. The maximum atomic E-state index is 12.4. The van der Waals surface area contributed by atoms with Crippen LogP contribution in [0.1, 0.15) is 6.42 Å². The average Bonchev–Trinajstić information content (AvgIpc) is 2.95. The van der Waals surface area contributed by atoms with E-state index in [1.807, 2.05) is 42.5 Å². The average molecular weight is 312 g/mol. The van der Waals surface area contributed by atoms with Crippen molar-refractivity contribution in [3.05, 3.63) is 42.5 Å². The maximum Gasteiger partial charge on any atom is 0.227 e. The molecule has 1 heterocycles. The number of rotatable bonds is 4. The zero-order chi connectivity index (χ0) is 16.4. The third-order valence-corrected chi connectivity index (χ3v) is 4.34. The van der Waals surface area contributed by atoms with Crippen molar-refractivity contribution in [1.29, 1.82) is 0 Å². The van der Waals surface area contributed by atoms with Gasteiger partial charge in [0.15, 0.2) is 0 Å². The van der Waals surface area contributed by atoms with Crippen molar-refractivity contribution in [3.8, 4) is 0 Å². The van der Waals surface area contributed by atoms with Gasteiger partial charge in [0.1, 0.15) is 0 Å². The van der Waals surface area contributed by atoms with E-state index in [2.05, 4.69) is 0 Å². The summed E-state index contributed by atoms with van der Waals surface area (Å²) in [6.45, 7) is 0.606. The van der Waals surface area contributed by atoms with Crippen molar-refractivity contribution in [2.24, 2.45) is 5.92 Å². The van der Waals surface area contributed by atoms with Crippen LogP contribution in [0, 0.1) is 5.92 Å². The fourth-order valence-corrected chi connectivity index (χ4v) is 3.12. The summed E-state index contributed by atoms with van der Waals surface area (Å²) >= 11 is 0. The van der Waals surface area contributed by atoms with Crippen LogP contribution >= 0.6 is 0 Å². The Kier molecular flexibility index (Phi) is 4.30. The third-order valence-electron chi connectivity index (χ3n) is 4.34. The number of carbonyl (C=O) groups excluding carboxylic acids is 2. The van der Waals surface area contributed by atoms with Gasteiger partial charge in [-0.2, -0.15) is 0 Å². The Hall–Kier alpha value is -2.40. The lowest BCUT2D eigenvalue weighted by Crippen LogP contribution is -2.36. The molecule has 0 bridgehead atoms. The number of aliphatic hydroxyl groups excluding tert-OH is 1. The molecule has 0 aliphatic carbocycles. The number of hydrogen-bond acceptors (Lipinski definition) is 3. The molecule has 1 aliphatic heterocycles. The number of likely N-dealkylation sites (N-methyl/N-ethyl adjacent to an activating group) is 1. The van der Waals surface area contributed by atoms with Gasteiger partial charge in [0.2, 0.25) is 11.8 Å². The summed E-state index contributed by atoms with van der Waals surface area (Å²) in [5.74, 6) is -0.467. The van der Waals surface area contributed by atoms with Crippen LogP contribution < -0.4 is 4.90 Å². The van der Waals surface area contributed by atoms with E-state index >= 15 is 0 Å². The first-order chi connectivity index (χ1) is 11.1. The van der Waals surface area contributed by atoms with E-state index in [1.165, 1.54) is 4.90 Å². The number of anilines is 1. The van der Waals surface area contributed by atoms with Gasteiger partial charge in [-0.3, -0.25) is 9.59 Å². The molecule has 1 unspecified atom stereocenters. The second kappa shape index (κ2) is 6.38. The van der Waals surface area contributed by atoms with Gasteiger partial charge >= 0.3 is 0 Å². The lowest BCUT2D eigenvalue weighted by atomic mass is 10.1. The first-order valence-corrected chi connectivity index (χ1v) is 7.76. The molecule has 1 atom stereocenters. The van der Waals surface area contributed by atoms with Crippen LogP contribution in [0.15, 0.2) is 42.5 Å². The van der Waals surface area contributed by atoms with Gasteiger partial charge in [-0.15, -0.1) is 0 Å². The first-order valence-electron chi connectivity index (χ1n) is 7.76. The Bertz CT molecular complexity index is 739. The number of fused-ring (bicyclic) bond motifs is 1. The molecule has 3 rings (SSSR count). The highest BCUT2D eigenvalue weighted by atomic mass is 16.3. The van der Waals surface area contributed by atoms with E-state index in [4.69, 9.17) is 5.11 Å². The zero-order valence-corrected chi connectivity index (χ0v) is 13.1. The van der Waals surface area contributed by atoms with Crippen LogP contribution in [0.2, 0.25) is 0 Å². The van der Waals surface area contributed by atoms with Gasteiger partial charge in [0, 0.05) is 31.9 Å². The lowest BCUT2D eigenvalue weighted by molar-refractivity contribution is -0.134. The van der Waals surface area contributed by atoms with Crippen molar-refractivity contribution in [1.82, 2.24) is 4.90 Å². The van der Waals surface area contributed by atoms with Gasteiger partial charge in [0.25, 0.3) is 0 Å². The molecule has 5 nitrogen and oxygen atoms in total. The van der Waals surface area contributed by atoms with Crippen LogP contribution in [0.25, 0.3) is 10.8 Å². The summed E-state index contributed by atoms with van der Waals surface area (Å²) in [6, 6.07) is 13.8. The SMILES string of the molecule is CN(CCO)C(=O)C1CC(=O)N(c2cccc3ccccc23)C1. The number of nitrogens with zero attached hydrogens (tertiary/aromatic N) is 2. The van der Waals surface area contributed by atoms with E-state index in [1.54, 1.807) is 11.9 Å². The molecule has 0 radical (unpaired) electrons. The van der Waals surface area contributed by atoms with Crippen LogP contribution in [-0.4, -0.2) is 48.6 Å². The van der Waals surface area contributed by atoms with Crippen LogP contribution in [0.4, 0.5) is 5.69 Å². The lowest BCUT2D eigenvalue weighted by Gasteiger charge is -2.21. The van der Waals surface area contributed by atoms with E-state index < -0.39 is 0 Å². The van der Waals surface area contributed by atoms with E-state index in [9.17, 15) is 9.59 Å². The van der Waals surface area contributed by atoms with Crippen molar-refractivity contribution < 1.29 is 14.7 Å². The summed E-state index contributed by atoms with van der Waals surface area (Å²) in [4.78, 5) is 28.0. The molecule has 120 valence electrons. The molecular formula is C18H20N2O3. The van der Waals surface area contributed by atoms with Crippen molar-refractivity contribution in [2.45, 2.75) is 6.42 Å². The van der Waals surface area contributed by atoms with E-state index in [-0.39, 0.29) is 37.3 Å². The Morgan fingerprint density at radius 3 is 2.78 bits per heavy atom. The molecule has 23 heavy (non-hydrogen) atoms. The number of hydrogen-bond donors (Lipinski definition) is 1. The number of aliphatic hydroxyl groups is 1. The minimum absolute atomic E-state index is 0.0305. The van der Waals surface area contributed by atoms with Gasteiger partial charge in [-0.25, -0.2) is 0 Å². The van der Waals surface area contributed by atoms with Crippen LogP contribution in [0.5, 0.6) is 0 Å². The van der Waals surface area contributed by atoms with E-state index in [0.29, 0.717) is 6.54 Å². The molecular weight excluding hydrogens is 292 g/mol. The molecule has 0 saturated carbocycles. The van der Waals surface area contributed by atoms with Gasteiger partial charge in [-0.05, 0) is 11.5 Å². The summed E-state index contributed by atoms with van der Waals surface area (Å²) in [5, 5.41) is 11.0. The number of benzene rings is 2.